The van der Waals surface area contributed by atoms with Gasteiger partial charge in [0.05, 0.1) is 16.8 Å². The van der Waals surface area contributed by atoms with Crippen LogP contribution in [0.5, 0.6) is 0 Å². The Morgan fingerprint density at radius 3 is 2.39 bits per heavy atom. The summed E-state index contributed by atoms with van der Waals surface area (Å²) in [5.74, 6) is -2.81. The standard InChI is InChI=1S/C25H25N5O5.ClH/c31-20-9-8-19(23(33)28-20)30-24(34)17-2-1-3-18(21(17)25(30)35)27-22(32)16-6-4-15(5-7-16)14-29-12-10-26-11-13-29;/h1-7,19,26H,8-14H2,(H,27,32)(H,28,31,33);1H. The number of halogens is 1. The third-order valence-electron chi connectivity index (χ3n) is 6.55. The van der Waals surface area contributed by atoms with Crippen molar-refractivity contribution in [3.8, 4) is 0 Å². The first kappa shape index (κ1) is 25.5. The number of hydrogen-bond acceptors (Lipinski definition) is 7. The van der Waals surface area contributed by atoms with Crippen molar-refractivity contribution in [2.75, 3.05) is 31.5 Å². The summed E-state index contributed by atoms with van der Waals surface area (Å²) in [7, 11) is 0. The minimum Gasteiger partial charge on any atom is -0.321 e. The predicted molar refractivity (Wildman–Crippen MR) is 133 cm³/mol. The molecule has 3 aliphatic heterocycles. The van der Waals surface area contributed by atoms with Crippen molar-refractivity contribution in [1.82, 2.24) is 20.4 Å². The molecule has 188 valence electrons. The molecule has 2 aromatic carbocycles. The molecule has 5 amide bonds. The van der Waals surface area contributed by atoms with Gasteiger partial charge in [0.15, 0.2) is 0 Å². The second-order valence-corrected chi connectivity index (χ2v) is 8.85. The summed E-state index contributed by atoms with van der Waals surface area (Å²) in [4.78, 5) is 66.1. The van der Waals surface area contributed by atoms with Gasteiger partial charge in [-0.1, -0.05) is 18.2 Å². The minimum absolute atomic E-state index is 0. The monoisotopic (exact) mass is 511 g/mol. The van der Waals surface area contributed by atoms with Crippen molar-refractivity contribution in [3.05, 3.63) is 64.7 Å². The van der Waals surface area contributed by atoms with Crippen molar-refractivity contribution in [3.63, 3.8) is 0 Å². The van der Waals surface area contributed by atoms with Gasteiger partial charge in [-0.3, -0.25) is 39.1 Å². The van der Waals surface area contributed by atoms with Crippen LogP contribution in [0, 0.1) is 0 Å². The molecule has 1 atom stereocenters. The van der Waals surface area contributed by atoms with Crippen molar-refractivity contribution in [2.24, 2.45) is 0 Å². The zero-order chi connectivity index (χ0) is 24.5. The molecule has 2 saturated heterocycles. The zero-order valence-corrected chi connectivity index (χ0v) is 20.2. The molecule has 0 radical (unpaired) electrons. The minimum atomic E-state index is -1.06. The summed E-state index contributed by atoms with van der Waals surface area (Å²) in [6.45, 7) is 4.69. The van der Waals surface area contributed by atoms with E-state index in [0.29, 0.717) is 5.56 Å². The van der Waals surface area contributed by atoms with Gasteiger partial charge < -0.3 is 10.6 Å². The first-order chi connectivity index (χ1) is 16.9. The molecule has 3 N–H and O–H groups in total. The highest BCUT2D eigenvalue weighted by molar-refractivity contribution is 6.26. The van der Waals surface area contributed by atoms with Gasteiger partial charge in [-0.05, 0) is 36.2 Å². The van der Waals surface area contributed by atoms with Gasteiger partial charge in [-0.2, -0.15) is 0 Å². The summed E-state index contributed by atoms with van der Waals surface area (Å²) in [6.07, 6.45) is 0.107. The Kier molecular flexibility index (Phi) is 7.48. The average Bonchev–Trinajstić information content (AvgIpc) is 3.11. The van der Waals surface area contributed by atoms with Gasteiger partial charge in [0.2, 0.25) is 11.8 Å². The van der Waals surface area contributed by atoms with E-state index in [-0.39, 0.29) is 42.1 Å². The fourth-order valence-corrected chi connectivity index (χ4v) is 4.70. The van der Waals surface area contributed by atoms with Crippen molar-refractivity contribution >= 4 is 47.6 Å². The Balaban J connectivity index is 0.00000304. The average molecular weight is 512 g/mol. The van der Waals surface area contributed by atoms with Crippen LogP contribution in [0.3, 0.4) is 0 Å². The summed E-state index contributed by atoms with van der Waals surface area (Å²) in [5, 5.41) is 8.23. The van der Waals surface area contributed by atoms with Crippen molar-refractivity contribution in [2.45, 2.75) is 25.4 Å². The number of nitrogens with one attached hydrogen (secondary N) is 3. The van der Waals surface area contributed by atoms with Crippen LogP contribution in [-0.2, 0) is 16.1 Å². The second-order valence-electron chi connectivity index (χ2n) is 8.85. The molecule has 2 fully saturated rings. The van der Waals surface area contributed by atoms with Crippen molar-refractivity contribution in [1.29, 1.82) is 0 Å². The molecule has 0 aromatic heterocycles. The molecule has 11 heteroatoms. The number of amides is 5. The number of piperidine rings is 1. The number of fused-ring (bicyclic) bond motifs is 1. The van der Waals surface area contributed by atoms with E-state index in [1.165, 1.54) is 6.07 Å². The lowest BCUT2D eigenvalue weighted by atomic mass is 10.0. The Morgan fingerprint density at radius 2 is 1.69 bits per heavy atom. The molecule has 5 rings (SSSR count). The van der Waals surface area contributed by atoms with Crippen LogP contribution in [0.1, 0.15) is 49.5 Å². The molecule has 0 spiro atoms. The Bertz CT molecular complexity index is 1230. The number of benzene rings is 2. The van der Waals surface area contributed by atoms with Gasteiger partial charge in [-0.15, -0.1) is 12.4 Å². The van der Waals surface area contributed by atoms with E-state index in [2.05, 4.69) is 20.9 Å². The van der Waals surface area contributed by atoms with Crippen LogP contribution < -0.4 is 16.0 Å². The SMILES string of the molecule is Cl.O=C1CCC(N2C(=O)c3cccc(NC(=O)c4ccc(CN5CCNCC5)cc4)c3C2=O)C(=O)N1. The lowest BCUT2D eigenvalue weighted by molar-refractivity contribution is -0.136. The van der Waals surface area contributed by atoms with E-state index in [9.17, 15) is 24.0 Å². The number of anilines is 1. The fourth-order valence-electron chi connectivity index (χ4n) is 4.70. The Morgan fingerprint density at radius 1 is 0.972 bits per heavy atom. The first-order valence-corrected chi connectivity index (χ1v) is 11.6. The third-order valence-corrected chi connectivity index (χ3v) is 6.55. The molecule has 3 aliphatic rings. The van der Waals surface area contributed by atoms with Crippen LogP contribution in [0.4, 0.5) is 5.69 Å². The molecular formula is C25H26ClN5O5. The van der Waals surface area contributed by atoms with Gasteiger partial charge in [0.25, 0.3) is 17.7 Å². The number of nitrogens with zero attached hydrogens (tertiary/aromatic N) is 2. The maximum atomic E-state index is 13.2. The summed E-state index contributed by atoms with van der Waals surface area (Å²) in [6, 6.07) is 10.8. The molecule has 0 bridgehead atoms. The number of imide groups is 2. The Labute approximate surface area is 213 Å². The highest BCUT2D eigenvalue weighted by atomic mass is 35.5. The molecule has 0 aliphatic carbocycles. The van der Waals surface area contributed by atoms with Gasteiger partial charge >= 0.3 is 0 Å². The smallest absolute Gasteiger partial charge is 0.264 e. The number of piperazine rings is 1. The van der Waals surface area contributed by atoms with E-state index < -0.39 is 35.6 Å². The first-order valence-electron chi connectivity index (χ1n) is 11.6. The molecule has 3 heterocycles. The number of carbonyl (C=O) groups excluding carboxylic acids is 5. The van der Waals surface area contributed by atoms with Gasteiger partial charge in [-0.25, -0.2) is 0 Å². The highest BCUT2D eigenvalue weighted by Gasteiger charge is 2.45. The molecule has 10 nitrogen and oxygen atoms in total. The fraction of sp³-hybridized carbons (Fsp3) is 0.320. The zero-order valence-electron chi connectivity index (χ0n) is 19.4. The largest absolute Gasteiger partial charge is 0.321 e. The third kappa shape index (κ3) is 4.88. The molecule has 2 aromatic rings. The van der Waals surface area contributed by atoms with Crippen LogP contribution in [0.25, 0.3) is 0 Å². The molecule has 0 saturated carbocycles. The van der Waals surface area contributed by atoms with Crippen LogP contribution in [-0.4, -0.2) is 71.6 Å². The number of rotatable bonds is 5. The molecule has 1 unspecified atom stereocenters. The summed E-state index contributed by atoms with van der Waals surface area (Å²) in [5.41, 5.74) is 1.88. The van der Waals surface area contributed by atoms with E-state index in [0.717, 1.165) is 43.2 Å². The highest BCUT2D eigenvalue weighted by Crippen LogP contribution is 2.32. The number of hydrogen-bond donors (Lipinski definition) is 3. The molecule has 36 heavy (non-hydrogen) atoms. The Hall–Kier alpha value is -3.60. The lowest BCUT2D eigenvalue weighted by Gasteiger charge is -2.27. The lowest BCUT2D eigenvalue weighted by Crippen LogP contribution is -2.54. The van der Waals surface area contributed by atoms with Crippen LogP contribution in [0.2, 0.25) is 0 Å². The number of carbonyl (C=O) groups is 5. The maximum absolute atomic E-state index is 13.2. The maximum Gasteiger partial charge on any atom is 0.264 e. The predicted octanol–water partition coefficient (Wildman–Crippen LogP) is 1.17. The van der Waals surface area contributed by atoms with E-state index in [4.69, 9.17) is 0 Å². The van der Waals surface area contributed by atoms with Crippen LogP contribution >= 0.6 is 12.4 Å². The van der Waals surface area contributed by atoms with E-state index >= 15 is 0 Å². The van der Waals surface area contributed by atoms with Gasteiger partial charge in [0.1, 0.15) is 6.04 Å². The topological polar surface area (TPSA) is 128 Å². The summed E-state index contributed by atoms with van der Waals surface area (Å²) < 4.78 is 0. The van der Waals surface area contributed by atoms with Crippen molar-refractivity contribution < 1.29 is 24.0 Å². The second kappa shape index (κ2) is 10.6. The van der Waals surface area contributed by atoms with Gasteiger partial charge in [0, 0.05) is 44.7 Å². The summed E-state index contributed by atoms with van der Waals surface area (Å²) >= 11 is 0. The van der Waals surface area contributed by atoms with E-state index in [1.54, 1.807) is 24.3 Å². The normalized spacial score (nSPS) is 20.0. The van der Waals surface area contributed by atoms with Crippen LogP contribution in [0.15, 0.2) is 42.5 Å². The van der Waals surface area contributed by atoms with E-state index in [1.807, 2.05) is 12.1 Å². The quantitative estimate of drug-likeness (QED) is 0.514. The molecular weight excluding hydrogens is 486 g/mol.